The third-order valence-corrected chi connectivity index (χ3v) is 4.88. The molecule has 7 nitrogen and oxygen atoms in total. The number of hydrogen-bond acceptors (Lipinski definition) is 5. The summed E-state index contributed by atoms with van der Waals surface area (Å²) in [4.78, 5) is 30.1. The lowest BCUT2D eigenvalue weighted by Crippen LogP contribution is -2.54. The summed E-state index contributed by atoms with van der Waals surface area (Å²) in [7, 11) is 0. The molecule has 0 spiro atoms. The number of piperazine rings is 1. The molecule has 2 amide bonds. The average molecular weight is 341 g/mol. The molecule has 0 aromatic heterocycles. The number of carbonyl (C=O) groups is 2. The van der Waals surface area contributed by atoms with Crippen LogP contribution >= 0.6 is 0 Å². The van der Waals surface area contributed by atoms with E-state index in [1.54, 1.807) is 11.8 Å². The Morgan fingerprint density at radius 2 is 1.88 bits per heavy atom. The van der Waals surface area contributed by atoms with Gasteiger partial charge in [-0.25, -0.2) is 0 Å². The number of amides is 2. The molecule has 0 aromatic carbocycles. The van der Waals surface area contributed by atoms with E-state index in [0.29, 0.717) is 39.4 Å². The summed E-state index contributed by atoms with van der Waals surface area (Å²) in [5.41, 5.74) is 0. The van der Waals surface area contributed by atoms with Crippen LogP contribution in [0, 0.1) is 5.92 Å². The van der Waals surface area contributed by atoms with Crippen molar-refractivity contribution in [2.24, 2.45) is 5.92 Å². The quantitative estimate of drug-likeness (QED) is 0.723. The molecule has 2 unspecified atom stereocenters. The summed E-state index contributed by atoms with van der Waals surface area (Å²) in [5, 5.41) is 9.91. The lowest BCUT2D eigenvalue weighted by atomic mass is 9.96. The van der Waals surface area contributed by atoms with Crippen molar-refractivity contribution >= 4 is 11.8 Å². The Kier molecular flexibility index (Phi) is 7.45. The van der Waals surface area contributed by atoms with Gasteiger partial charge in [-0.2, -0.15) is 0 Å². The van der Waals surface area contributed by atoms with Crippen molar-refractivity contribution in [2.45, 2.75) is 32.8 Å². The van der Waals surface area contributed by atoms with Crippen LogP contribution in [-0.4, -0.2) is 96.8 Å². The van der Waals surface area contributed by atoms with Crippen LogP contribution in [-0.2, 0) is 14.3 Å². The van der Waals surface area contributed by atoms with Gasteiger partial charge < -0.3 is 19.6 Å². The van der Waals surface area contributed by atoms with Crippen LogP contribution in [0.5, 0.6) is 0 Å². The number of nitrogens with zero attached hydrogens (tertiary/aromatic N) is 3. The highest BCUT2D eigenvalue weighted by Gasteiger charge is 2.31. The molecule has 2 aliphatic heterocycles. The maximum atomic E-state index is 12.7. The van der Waals surface area contributed by atoms with Gasteiger partial charge in [0, 0.05) is 59.3 Å². The SMILES string of the molecule is CCOCC(O)CN1CCN(C(=O)C2CCCN(C(C)=O)C2)CC1. The summed E-state index contributed by atoms with van der Waals surface area (Å²) in [5.74, 6) is 0.175. The summed E-state index contributed by atoms with van der Waals surface area (Å²) in [6.07, 6.45) is 1.30. The van der Waals surface area contributed by atoms with E-state index in [4.69, 9.17) is 4.74 Å². The van der Waals surface area contributed by atoms with Crippen molar-refractivity contribution in [3.05, 3.63) is 0 Å². The molecule has 0 bridgehead atoms. The average Bonchev–Trinajstić information content (AvgIpc) is 2.60. The highest BCUT2D eigenvalue weighted by Crippen LogP contribution is 2.20. The number of likely N-dealkylation sites (tertiary alicyclic amines) is 1. The van der Waals surface area contributed by atoms with E-state index in [1.807, 2.05) is 11.8 Å². The molecule has 2 rings (SSSR count). The van der Waals surface area contributed by atoms with Crippen LogP contribution in [0.1, 0.15) is 26.7 Å². The molecule has 0 aliphatic carbocycles. The van der Waals surface area contributed by atoms with E-state index in [9.17, 15) is 14.7 Å². The van der Waals surface area contributed by atoms with Gasteiger partial charge in [0.15, 0.2) is 0 Å². The molecule has 2 heterocycles. The van der Waals surface area contributed by atoms with Crippen molar-refractivity contribution in [2.75, 3.05) is 59.0 Å². The summed E-state index contributed by atoms with van der Waals surface area (Å²) >= 11 is 0. The van der Waals surface area contributed by atoms with Gasteiger partial charge in [-0.1, -0.05) is 0 Å². The van der Waals surface area contributed by atoms with E-state index in [-0.39, 0.29) is 17.7 Å². The molecule has 0 aromatic rings. The Morgan fingerprint density at radius 3 is 2.50 bits per heavy atom. The van der Waals surface area contributed by atoms with Crippen LogP contribution in [0.3, 0.4) is 0 Å². The number of aliphatic hydroxyl groups is 1. The molecular formula is C17H31N3O4. The Balaban J connectivity index is 1.75. The molecule has 1 N–H and O–H groups in total. The van der Waals surface area contributed by atoms with Crippen LogP contribution in [0.25, 0.3) is 0 Å². The molecule has 138 valence electrons. The molecule has 2 aliphatic rings. The predicted octanol–water partition coefficient (Wildman–Crippen LogP) is -0.213. The van der Waals surface area contributed by atoms with Gasteiger partial charge in [0.05, 0.1) is 18.6 Å². The number of carbonyl (C=O) groups excluding carboxylic acids is 2. The fourth-order valence-electron chi connectivity index (χ4n) is 3.48. The van der Waals surface area contributed by atoms with Gasteiger partial charge in [-0.3, -0.25) is 14.5 Å². The number of piperidine rings is 1. The monoisotopic (exact) mass is 341 g/mol. The standard InChI is InChI=1S/C17H31N3O4/c1-3-24-13-16(22)12-18-7-9-19(10-8-18)17(23)15-5-4-6-20(11-15)14(2)21/h15-16,22H,3-13H2,1-2H3. The van der Waals surface area contributed by atoms with Gasteiger partial charge >= 0.3 is 0 Å². The first-order valence-corrected chi connectivity index (χ1v) is 9.03. The van der Waals surface area contributed by atoms with E-state index in [0.717, 1.165) is 32.5 Å². The predicted molar refractivity (Wildman–Crippen MR) is 90.5 cm³/mol. The van der Waals surface area contributed by atoms with E-state index < -0.39 is 6.10 Å². The molecule has 7 heteroatoms. The minimum absolute atomic E-state index is 0.0561. The van der Waals surface area contributed by atoms with Gasteiger partial charge in [-0.05, 0) is 19.8 Å². The Bertz CT molecular complexity index is 424. The molecule has 2 saturated heterocycles. The molecule has 2 fully saturated rings. The number of ether oxygens (including phenoxy) is 1. The number of rotatable bonds is 6. The van der Waals surface area contributed by atoms with Gasteiger partial charge in [0.25, 0.3) is 0 Å². The third kappa shape index (κ3) is 5.43. The first-order chi connectivity index (χ1) is 11.5. The molecule has 24 heavy (non-hydrogen) atoms. The maximum Gasteiger partial charge on any atom is 0.227 e. The largest absolute Gasteiger partial charge is 0.389 e. The Labute approximate surface area is 144 Å². The van der Waals surface area contributed by atoms with Crippen molar-refractivity contribution in [1.82, 2.24) is 14.7 Å². The zero-order chi connectivity index (χ0) is 17.5. The Morgan fingerprint density at radius 1 is 1.17 bits per heavy atom. The topological polar surface area (TPSA) is 73.3 Å². The number of aliphatic hydroxyl groups excluding tert-OH is 1. The minimum Gasteiger partial charge on any atom is -0.389 e. The van der Waals surface area contributed by atoms with Gasteiger partial charge in [0.2, 0.25) is 11.8 Å². The highest BCUT2D eigenvalue weighted by molar-refractivity contribution is 5.81. The molecule has 0 saturated carbocycles. The fraction of sp³-hybridized carbons (Fsp3) is 0.882. The summed E-state index contributed by atoms with van der Waals surface area (Å²) < 4.78 is 5.23. The number of hydrogen-bond donors (Lipinski definition) is 1. The van der Waals surface area contributed by atoms with Crippen LogP contribution in [0.2, 0.25) is 0 Å². The maximum absolute atomic E-state index is 12.7. The fourth-order valence-corrected chi connectivity index (χ4v) is 3.48. The molecule has 2 atom stereocenters. The summed E-state index contributed by atoms with van der Waals surface area (Å²) in [6.45, 7) is 9.30. The zero-order valence-corrected chi connectivity index (χ0v) is 14.9. The van der Waals surface area contributed by atoms with Crippen molar-refractivity contribution in [3.63, 3.8) is 0 Å². The lowest BCUT2D eigenvalue weighted by molar-refractivity contribution is -0.141. The van der Waals surface area contributed by atoms with E-state index in [1.165, 1.54) is 0 Å². The number of β-amino-alcohol motifs (C(OH)–C–C–N with tert-alkyl or cyclic N) is 1. The second kappa shape index (κ2) is 9.34. The normalized spacial score (nSPS) is 24.0. The zero-order valence-electron chi connectivity index (χ0n) is 14.9. The van der Waals surface area contributed by atoms with Gasteiger partial charge in [-0.15, -0.1) is 0 Å². The van der Waals surface area contributed by atoms with Crippen molar-refractivity contribution < 1.29 is 19.4 Å². The highest BCUT2D eigenvalue weighted by atomic mass is 16.5. The van der Waals surface area contributed by atoms with Crippen LogP contribution < -0.4 is 0 Å². The van der Waals surface area contributed by atoms with E-state index in [2.05, 4.69) is 4.90 Å². The second-order valence-corrected chi connectivity index (χ2v) is 6.74. The molecular weight excluding hydrogens is 310 g/mol. The Hall–Kier alpha value is -1.18. The summed E-state index contributed by atoms with van der Waals surface area (Å²) in [6, 6.07) is 0. The molecule has 0 radical (unpaired) electrons. The third-order valence-electron chi connectivity index (χ3n) is 4.88. The van der Waals surface area contributed by atoms with Crippen LogP contribution in [0.15, 0.2) is 0 Å². The first-order valence-electron chi connectivity index (χ1n) is 9.03. The smallest absolute Gasteiger partial charge is 0.227 e. The lowest BCUT2D eigenvalue weighted by Gasteiger charge is -2.39. The van der Waals surface area contributed by atoms with Crippen LogP contribution in [0.4, 0.5) is 0 Å². The van der Waals surface area contributed by atoms with Gasteiger partial charge in [0.1, 0.15) is 0 Å². The minimum atomic E-state index is -0.477. The first kappa shape index (κ1) is 19.1. The van der Waals surface area contributed by atoms with Crippen molar-refractivity contribution in [3.8, 4) is 0 Å². The van der Waals surface area contributed by atoms with Crippen molar-refractivity contribution in [1.29, 1.82) is 0 Å². The second-order valence-electron chi connectivity index (χ2n) is 6.74. The van der Waals surface area contributed by atoms with E-state index >= 15 is 0 Å².